The molecule has 0 fully saturated rings. The van der Waals surface area contributed by atoms with Crippen molar-refractivity contribution >= 4 is 5.69 Å². The maximum atomic E-state index is 10.6. The minimum atomic E-state index is -0.378. The van der Waals surface area contributed by atoms with Gasteiger partial charge in [0.15, 0.2) is 0 Å². The van der Waals surface area contributed by atoms with E-state index in [0.29, 0.717) is 0 Å². The molecule has 0 saturated carbocycles. The van der Waals surface area contributed by atoms with Gasteiger partial charge in [-0.25, -0.2) is 0 Å². The Morgan fingerprint density at radius 1 is 0.941 bits per heavy atom. The molecule has 0 aliphatic heterocycles. The Bertz CT molecular complexity index is 506. The molecule has 0 N–H and O–H groups in total. The van der Waals surface area contributed by atoms with Crippen molar-refractivity contribution < 1.29 is 4.92 Å². The fourth-order valence-corrected chi connectivity index (χ4v) is 1.82. The summed E-state index contributed by atoms with van der Waals surface area (Å²) in [5, 5.41) is 10.6. The van der Waals surface area contributed by atoms with Crippen molar-refractivity contribution in [3.05, 3.63) is 75.8 Å². The van der Waals surface area contributed by atoms with Crippen LogP contribution in [0.5, 0.6) is 0 Å². The molecule has 86 valence electrons. The molecule has 0 amide bonds. The Hall–Kier alpha value is -2.16. The van der Waals surface area contributed by atoms with E-state index in [-0.39, 0.29) is 16.5 Å². The van der Waals surface area contributed by atoms with E-state index in [1.807, 2.05) is 30.3 Å². The number of nitro benzene ring substituents is 1. The summed E-state index contributed by atoms with van der Waals surface area (Å²) >= 11 is 0. The second-order valence-corrected chi connectivity index (χ2v) is 3.98. The highest BCUT2D eigenvalue weighted by molar-refractivity contribution is 5.38. The van der Waals surface area contributed by atoms with Gasteiger partial charge in [0.1, 0.15) is 0 Å². The summed E-state index contributed by atoms with van der Waals surface area (Å²) in [6.07, 6.45) is 0. The van der Waals surface area contributed by atoms with E-state index in [1.54, 1.807) is 12.1 Å². The maximum absolute atomic E-state index is 10.6. The molecule has 1 atom stereocenters. The number of benzene rings is 2. The van der Waals surface area contributed by atoms with Gasteiger partial charge in [0.25, 0.3) is 5.69 Å². The Kier molecular flexibility index (Phi) is 3.19. The van der Waals surface area contributed by atoms with Crippen molar-refractivity contribution in [1.29, 1.82) is 0 Å². The van der Waals surface area contributed by atoms with Crippen LogP contribution in [0.2, 0.25) is 0 Å². The quantitative estimate of drug-likeness (QED) is 0.592. The second-order valence-electron chi connectivity index (χ2n) is 3.98. The molecule has 0 radical (unpaired) electrons. The third-order valence-electron chi connectivity index (χ3n) is 2.90. The van der Waals surface area contributed by atoms with Crippen molar-refractivity contribution in [1.82, 2.24) is 0 Å². The molecule has 0 aliphatic carbocycles. The van der Waals surface area contributed by atoms with Gasteiger partial charge in [-0.3, -0.25) is 10.1 Å². The average molecular weight is 227 g/mol. The first-order chi connectivity index (χ1) is 8.18. The van der Waals surface area contributed by atoms with E-state index in [4.69, 9.17) is 0 Å². The van der Waals surface area contributed by atoms with E-state index in [0.717, 1.165) is 5.56 Å². The third-order valence-corrected chi connectivity index (χ3v) is 2.90. The van der Waals surface area contributed by atoms with Gasteiger partial charge in [-0.05, 0) is 11.1 Å². The predicted octanol–water partition coefficient (Wildman–Crippen LogP) is 3.75. The van der Waals surface area contributed by atoms with Crippen LogP contribution >= 0.6 is 0 Å². The van der Waals surface area contributed by atoms with Crippen molar-refractivity contribution in [2.24, 2.45) is 0 Å². The van der Waals surface area contributed by atoms with Gasteiger partial charge in [-0.15, -0.1) is 0 Å². The van der Waals surface area contributed by atoms with Gasteiger partial charge >= 0.3 is 0 Å². The summed E-state index contributed by atoms with van der Waals surface area (Å²) < 4.78 is 0. The Morgan fingerprint density at radius 2 is 1.47 bits per heavy atom. The molecule has 17 heavy (non-hydrogen) atoms. The fraction of sp³-hybridized carbons (Fsp3) is 0.143. The van der Waals surface area contributed by atoms with Gasteiger partial charge in [-0.1, -0.05) is 49.4 Å². The minimum Gasteiger partial charge on any atom is -0.258 e. The summed E-state index contributed by atoms with van der Waals surface area (Å²) in [5.74, 6) is 0.247. The van der Waals surface area contributed by atoms with Crippen LogP contribution in [0.25, 0.3) is 0 Å². The Balaban J connectivity index is 2.26. The summed E-state index contributed by atoms with van der Waals surface area (Å²) in [7, 11) is 0. The number of hydrogen-bond donors (Lipinski definition) is 0. The molecular weight excluding hydrogens is 214 g/mol. The molecular formula is C14H13NO2. The van der Waals surface area contributed by atoms with Gasteiger partial charge in [-0.2, -0.15) is 0 Å². The zero-order chi connectivity index (χ0) is 12.3. The predicted molar refractivity (Wildman–Crippen MR) is 67.1 cm³/mol. The zero-order valence-electron chi connectivity index (χ0n) is 9.54. The highest BCUT2D eigenvalue weighted by atomic mass is 16.6. The standard InChI is InChI=1S/C14H13NO2/c1-11(12-5-3-2-4-6-12)13-7-9-14(10-8-13)15(16)17/h2-11H,1H3. The molecule has 3 heteroatoms. The number of nitro groups is 1. The monoisotopic (exact) mass is 227 g/mol. The van der Waals surface area contributed by atoms with E-state index in [9.17, 15) is 10.1 Å². The van der Waals surface area contributed by atoms with Gasteiger partial charge in [0.2, 0.25) is 0 Å². The second kappa shape index (κ2) is 4.78. The van der Waals surface area contributed by atoms with Crippen molar-refractivity contribution in [3.63, 3.8) is 0 Å². The van der Waals surface area contributed by atoms with Crippen LogP contribution in [0.1, 0.15) is 24.0 Å². The van der Waals surface area contributed by atoms with E-state index >= 15 is 0 Å². The smallest absolute Gasteiger partial charge is 0.258 e. The first-order valence-corrected chi connectivity index (χ1v) is 5.48. The van der Waals surface area contributed by atoms with Crippen molar-refractivity contribution in [2.45, 2.75) is 12.8 Å². The van der Waals surface area contributed by atoms with Gasteiger partial charge < -0.3 is 0 Å². The maximum Gasteiger partial charge on any atom is 0.269 e. The molecule has 3 nitrogen and oxygen atoms in total. The third kappa shape index (κ3) is 2.50. The van der Waals surface area contributed by atoms with E-state index in [1.165, 1.54) is 5.56 Å². The van der Waals surface area contributed by atoms with Crippen LogP contribution in [0.3, 0.4) is 0 Å². The summed E-state index contributed by atoms with van der Waals surface area (Å²) in [6, 6.07) is 16.8. The van der Waals surface area contributed by atoms with Gasteiger partial charge in [0.05, 0.1) is 4.92 Å². The van der Waals surface area contributed by atoms with Gasteiger partial charge in [0, 0.05) is 18.1 Å². The lowest BCUT2D eigenvalue weighted by Crippen LogP contribution is -1.96. The molecule has 0 bridgehead atoms. The highest BCUT2D eigenvalue weighted by Crippen LogP contribution is 2.25. The molecule has 0 saturated heterocycles. The molecule has 0 heterocycles. The lowest BCUT2D eigenvalue weighted by atomic mass is 9.93. The van der Waals surface area contributed by atoms with Crippen LogP contribution in [-0.4, -0.2) is 4.92 Å². The van der Waals surface area contributed by atoms with Crippen LogP contribution in [0.4, 0.5) is 5.69 Å². The van der Waals surface area contributed by atoms with E-state index < -0.39 is 0 Å². The number of non-ortho nitro benzene ring substituents is 1. The number of rotatable bonds is 3. The van der Waals surface area contributed by atoms with E-state index in [2.05, 4.69) is 19.1 Å². The largest absolute Gasteiger partial charge is 0.269 e. The van der Waals surface area contributed by atoms with Crippen molar-refractivity contribution in [2.75, 3.05) is 0 Å². The SMILES string of the molecule is CC(c1ccccc1)c1ccc([N+](=O)[O-])cc1. The van der Waals surface area contributed by atoms with Crippen LogP contribution in [-0.2, 0) is 0 Å². The molecule has 1 unspecified atom stereocenters. The topological polar surface area (TPSA) is 43.1 Å². The molecule has 2 aromatic carbocycles. The molecule has 0 aromatic heterocycles. The number of nitrogens with zero attached hydrogens (tertiary/aromatic N) is 1. The highest BCUT2D eigenvalue weighted by Gasteiger charge is 2.10. The Morgan fingerprint density at radius 3 is 2.00 bits per heavy atom. The normalized spacial score (nSPS) is 12.1. The molecule has 2 aromatic rings. The average Bonchev–Trinajstić information content (AvgIpc) is 2.39. The number of hydrogen-bond acceptors (Lipinski definition) is 2. The molecule has 2 rings (SSSR count). The first kappa shape index (κ1) is 11.3. The summed E-state index contributed by atoms with van der Waals surface area (Å²) in [5.41, 5.74) is 2.43. The summed E-state index contributed by atoms with van der Waals surface area (Å²) in [4.78, 5) is 10.2. The lowest BCUT2D eigenvalue weighted by Gasteiger charge is -2.11. The zero-order valence-corrected chi connectivity index (χ0v) is 9.54. The molecule has 0 aliphatic rings. The fourth-order valence-electron chi connectivity index (χ4n) is 1.82. The Labute approximate surface area is 99.9 Å². The van der Waals surface area contributed by atoms with Crippen molar-refractivity contribution in [3.8, 4) is 0 Å². The van der Waals surface area contributed by atoms with Crippen LogP contribution in [0, 0.1) is 10.1 Å². The van der Waals surface area contributed by atoms with Crippen LogP contribution < -0.4 is 0 Å². The lowest BCUT2D eigenvalue weighted by molar-refractivity contribution is -0.384. The first-order valence-electron chi connectivity index (χ1n) is 5.48. The molecule has 0 spiro atoms. The van der Waals surface area contributed by atoms with Crippen LogP contribution in [0.15, 0.2) is 54.6 Å². The minimum absolute atomic E-state index is 0.133. The summed E-state index contributed by atoms with van der Waals surface area (Å²) in [6.45, 7) is 2.09.